The Kier molecular flexibility index (Phi) is 5.52. The highest BCUT2D eigenvalue weighted by molar-refractivity contribution is 7.99. The van der Waals surface area contributed by atoms with E-state index in [1.165, 1.54) is 51.4 Å². The Labute approximate surface area is 131 Å². The predicted octanol–water partition coefficient (Wildman–Crippen LogP) is 3.05. The van der Waals surface area contributed by atoms with Crippen molar-refractivity contribution >= 4 is 11.8 Å². The first-order valence-electron chi connectivity index (χ1n) is 8.52. The van der Waals surface area contributed by atoms with Crippen LogP contribution in [0, 0.1) is 5.92 Å². The van der Waals surface area contributed by atoms with Gasteiger partial charge in [-0.05, 0) is 48.6 Å². The molecule has 2 saturated carbocycles. The second kappa shape index (κ2) is 7.58. The van der Waals surface area contributed by atoms with Gasteiger partial charge in [-0.2, -0.15) is 0 Å². The summed E-state index contributed by atoms with van der Waals surface area (Å²) in [7, 11) is 0. The monoisotopic (exact) mass is 309 g/mol. The van der Waals surface area contributed by atoms with Crippen molar-refractivity contribution in [3.8, 4) is 0 Å². The molecule has 1 unspecified atom stereocenters. The van der Waals surface area contributed by atoms with Crippen LogP contribution in [0.5, 0.6) is 0 Å². The molecule has 2 aliphatic carbocycles. The molecule has 0 amide bonds. The van der Waals surface area contributed by atoms with Crippen LogP contribution in [0.4, 0.5) is 0 Å². The van der Waals surface area contributed by atoms with Gasteiger partial charge in [0, 0.05) is 11.8 Å². The molecule has 0 spiro atoms. The zero-order chi connectivity index (χ0) is 14.5. The number of nitrogens with one attached hydrogen (secondary N) is 1. The lowest BCUT2D eigenvalue weighted by atomic mass is 10.00. The third-order valence-electron chi connectivity index (χ3n) is 4.96. The minimum atomic E-state index is 0.534. The second-order valence-corrected chi connectivity index (χ2v) is 7.35. The molecule has 2 aliphatic rings. The van der Waals surface area contributed by atoms with Gasteiger partial charge in [-0.1, -0.05) is 44.4 Å². The number of aromatic nitrogens is 4. The largest absolute Gasteiger partial charge is 0.313 e. The van der Waals surface area contributed by atoms with E-state index in [1.807, 2.05) is 11.8 Å². The predicted molar refractivity (Wildman–Crippen MR) is 85.5 cm³/mol. The van der Waals surface area contributed by atoms with E-state index in [-0.39, 0.29) is 0 Å². The summed E-state index contributed by atoms with van der Waals surface area (Å²) in [5, 5.41) is 17.1. The summed E-state index contributed by atoms with van der Waals surface area (Å²) in [6.07, 6.45) is 10.7. The third kappa shape index (κ3) is 3.77. The van der Waals surface area contributed by atoms with Gasteiger partial charge in [0.25, 0.3) is 0 Å². The highest BCUT2D eigenvalue weighted by atomic mass is 32.2. The van der Waals surface area contributed by atoms with Crippen LogP contribution in [-0.4, -0.2) is 38.5 Å². The molecule has 1 aromatic rings. The van der Waals surface area contributed by atoms with E-state index in [0.29, 0.717) is 12.1 Å². The fraction of sp³-hybridized carbons (Fsp3) is 0.933. The van der Waals surface area contributed by atoms with E-state index < -0.39 is 0 Å². The van der Waals surface area contributed by atoms with Gasteiger partial charge in [0.05, 0.1) is 6.04 Å². The number of hydrogen-bond acceptors (Lipinski definition) is 5. The molecule has 21 heavy (non-hydrogen) atoms. The molecule has 1 N–H and O–H groups in total. The first-order valence-corrected chi connectivity index (χ1v) is 9.51. The Bertz CT molecular complexity index is 423. The van der Waals surface area contributed by atoms with Crippen molar-refractivity contribution in [1.29, 1.82) is 0 Å². The van der Waals surface area contributed by atoms with Gasteiger partial charge < -0.3 is 5.32 Å². The van der Waals surface area contributed by atoms with Gasteiger partial charge in [-0.3, -0.25) is 0 Å². The summed E-state index contributed by atoms with van der Waals surface area (Å²) < 4.78 is 2.08. The molecule has 1 aromatic heterocycles. The van der Waals surface area contributed by atoms with Crippen LogP contribution in [0.3, 0.4) is 0 Å². The van der Waals surface area contributed by atoms with Gasteiger partial charge in [-0.25, -0.2) is 4.68 Å². The summed E-state index contributed by atoms with van der Waals surface area (Å²) in [6.45, 7) is 3.25. The summed E-state index contributed by atoms with van der Waals surface area (Å²) in [5.41, 5.74) is 0. The molecular weight excluding hydrogens is 282 g/mol. The molecule has 0 bridgehead atoms. The summed E-state index contributed by atoms with van der Waals surface area (Å²) in [5.74, 6) is 1.93. The van der Waals surface area contributed by atoms with Crippen molar-refractivity contribution in [2.45, 2.75) is 75.5 Å². The van der Waals surface area contributed by atoms with Gasteiger partial charge in [0.1, 0.15) is 0 Å². The molecule has 1 atom stereocenters. The third-order valence-corrected chi connectivity index (χ3v) is 6.01. The van der Waals surface area contributed by atoms with Crippen molar-refractivity contribution < 1.29 is 0 Å². The van der Waals surface area contributed by atoms with Gasteiger partial charge in [-0.15, -0.1) is 5.10 Å². The van der Waals surface area contributed by atoms with E-state index in [9.17, 15) is 0 Å². The van der Waals surface area contributed by atoms with Crippen LogP contribution in [0.1, 0.15) is 64.3 Å². The van der Waals surface area contributed by atoms with E-state index in [2.05, 4.69) is 32.4 Å². The Hall–Kier alpha value is -0.620. The molecule has 3 rings (SSSR count). The lowest BCUT2D eigenvalue weighted by Gasteiger charge is -2.23. The molecule has 1 heterocycles. The van der Waals surface area contributed by atoms with Crippen LogP contribution < -0.4 is 5.32 Å². The maximum Gasteiger partial charge on any atom is 0.209 e. The Morgan fingerprint density at radius 1 is 1.19 bits per heavy atom. The van der Waals surface area contributed by atoms with E-state index in [1.54, 1.807) is 0 Å². The highest BCUT2D eigenvalue weighted by Gasteiger charge is 2.26. The van der Waals surface area contributed by atoms with Crippen LogP contribution in [0.15, 0.2) is 5.16 Å². The smallest absolute Gasteiger partial charge is 0.209 e. The van der Waals surface area contributed by atoms with Crippen molar-refractivity contribution in [2.24, 2.45) is 5.92 Å². The first-order chi connectivity index (χ1) is 10.4. The maximum absolute atomic E-state index is 4.26. The fourth-order valence-corrected chi connectivity index (χ4v) is 4.94. The molecule has 0 aromatic carbocycles. The zero-order valence-electron chi connectivity index (χ0n) is 13.0. The molecule has 2 fully saturated rings. The van der Waals surface area contributed by atoms with Crippen molar-refractivity contribution in [2.75, 3.05) is 12.3 Å². The van der Waals surface area contributed by atoms with Crippen molar-refractivity contribution in [3.05, 3.63) is 0 Å². The Morgan fingerprint density at radius 2 is 1.90 bits per heavy atom. The Morgan fingerprint density at radius 3 is 2.62 bits per heavy atom. The number of rotatable bonds is 7. The van der Waals surface area contributed by atoms with E-state index in [4.69, 9.17) is 0 Å². The average molecular weight is 309 g/mol. The SMILES string of the molecule is CCNC(CSc1nnnn1C1CCCC1)C1CCCC1. The summed E-state index contributed by atoms with van der Waals surface area (Å²) >= 11 is 1.84. The normalized spacial score (nSPS) is 22.1. The molecule has 0 saturated heterocycles. The summed E-state index contributed by atoms with van der Waals surface area (Å²) in [6, 6.07) is 1.14. The van der Waals surface area contributed by atoms with Gasteiger partial charge in [0.2, 0.25) is 5.16 Å². The lowest BCUT2D eigenvalue weighted by Crippen LogP contribution is -2.37. The number of hydrogen-bond donors (Lipinski definition) is 1. The quantitative estimate of drug-likeness (QED) is 0.785. The number of tetrazole rings is 1. The van der Waals surface area contributed by atoms with E-state index in [0.717, 1.165) is 23.4 Å². The fourth-order valence-electron chi connectivity index (χ4n) is 3.81. The van der Waals surface area contributed by atoms with Crippen molar-refractivity contribution in [3.63, 3.8) is 0 Å². The highest BCUT2D eigenvalue weighted by Crippen LogP contribution is 2.33. The molecule has 0 aliphatic heterocycles. The van der Waals surface area contributed by atoms with Gasteiger partial charge in [0.15, 0.2) is 0 Å². The number of nitrogens with zero attached hydrogens (tertiary/aromatic N) is 4. The minimum absolute atomic E-state index is 0.534. The van der Waals surface area contributed by atoms with Crippen LogP contribution in [0.25, 0.3) is 0 Å². The Balaban J connectivity index is 1.59. The van der Waals surface area contributed by atoms with E-state index >= 15 is 0 Å². The lowest BCUT2D eigenvalue weighted by molar-refractivity contribution is 0.392. The zero-order valence-corrected chi connectivity index (χ0v) is 13.8. The van der Waals surface area contributed by atoms with Crippen LogP contribution >= 0.6 is 11.8 Å². The van der Waals surface area contributed by atoms with Crippen LogP contribution in [0.2, 0.25) is 0 Å². The topological polar surface area (TPSA) is 55.6 Å². The second-order valence-electron chi connectivity index (χ2n) is 6.36. The average Bonchev–Trinajstić information content (AvgIpc) is 3.24. The number of thioether (sulfide) groups is 1. The first kappa shape index (κ1) is 15.3. The minimum Gasteiger partial charge on any atom is -0.313 e. The summed E-state index contributed by atoms with van der Waals surface area (Å²) in [4.78, 5) is 0. The molecule has 118 valence electrons. The molecular formula is C15H27N5S. The molecule has 0 radical (unpaired) electrons. The molecule has 5 nitrogen and oxygen atoms in total. The van der Waals surface area contributed by atoms with Gasteiger partial charge >= 0.3 is 0 Å². The standard InChI is InChI=1S/C15H27N5S/c1-2-16-14(12-7-3-4-8-12)11-21-15-17-18-19-20(15)13-9-5-6-10-13/h12-14,16H,2-11H2,1H3. The van der Waals surface area contributed by atoms with Crippen molar-refractivity contribution in [1.82, 2.24) is 25.5 Å². The maximum atomic E-state index is 4.26. The molecule has 6 heteroatoms. The van der Waals surface area contributed by atoms with Crippen LogP contribution in [-0.2, 0) is 0 Å².